The number of nitrogens with two attached hydrogens (primary N) is 1. The van der Waals surface area contributed by atoms with Crippen molar-refractivity contribution in [3.63, 3.8) is 0 Å². The zero-order valence-corrected chi connectivity index (χ0v) is 12.6. The molecule has 0 radical (unpaired) electrons. The van der Waals surface area contributed by atoms with Crippen molar-refractivity contribution in [3.8, 4) is 0 Å². The molecule has 118 valence electrons. The summed E-state index contributed by atoms with van der Waals surface area (Å²) in [6, 6.07) is 6.52. The highest BCUT2D eigenvalue weighted by Gasteiger charge is 2.27. The first-order chi connectivity index (χ1) is 9.78. The molecule has 0 saturated carbocycles. The number of halogens is 3. The van der Waals surface area contributed by atoms with Crippen molar-refractivity contribution in [3.05, 3.63) is 24.3 Å². The minimum Gasteiger partial charge on any atom is -0.328 e. The fourth-order valence-electron chi connectivity index (χ4n) is 1.65. The number of carbonyl (C=O) groups is 1. The van der Waals surface area contributed by atoms with E-state index < -0.39 is 11.9 Å². The lowest BCUT2D eigenvalue weighted by molar-refractivity contribution is -0.116. The summed E-state index contributed by atoms with van der Waals surface area (Å²) in [5.74, 6) is -1.19. The van der Waals surface area contributed by atoms with Gasteiger partial charge in [-0.05, 0) is 31.9 Å². The van der Waals surface area contributed by atoms with Crippen LogP contribution in [0.25, 0.3) is 0 Å². The Morgan fingerprint density at radius 3 is 2.67 bits per heavy atom. The lowest BCUT2D eigenvalue weighted by atomic mass is 10.1. The van der Waals surface area contributed by atoms with E-state index in [2.05, 4.69) is 5.32 Å². The van der Waals surface area contributed by atoms with Crippen LogP contribution in [0.4, 0.5) is 18.9 Å². The summed E-state index contributed by atoms with van der Waals surface area (Å²) < 4.78 is 36.8. The van der Waals surface area contributed by atoms with Crippen molar-refractivity contribution < 1.29 is 18.0 Å². The molecule has 0 saturated heterocycles. The van der Waals surface area contributed by atoms with Crippen LogP contribution in [0.2, 0.25) is 0 Å². The molecule has 0 heterocycles. The van der Waals surface area contributed by atoms with Gasteiger partial charge in [-0.1, -0.05) is 12.1 Å². The van der Waals surface area contributed by atoms with Gasteiger partial charge in [-0.25, -0.2) is 0 Å². The summed E-state index contributed by atoms with van der Waals surface area (Å²) in [4.78, 5) is 12.2. The Kier molecular flexibility index (Phi) is 7.04. The monoisotopic (exact) mass is 320 g/mol. The van der Waals surface area contributed by atoms with Crippen molar-refractivity contribution in [2.45, 2.75) is 43.3 Å². The predicted octanol–water partition coefficient (Wildman–Crippen LogP) is 3.80. The topological polar surface area (TPSA) is 55.1 Å². The highest BCUT2D eigenvalue weighted by atomic mass is 32.2. The van der Waals surface area contributed by atoms with Crippen molar-refractivity contribution in [2.75, 3.05) is 11.1 Å². The summed E-state index contributed by atoms with van der Waals surface area (Å²) in [5, 5.41) is 2.65. The summed E-state index contributed by atoms with van der Waals surface area (Å²) in [7, 11) is 0. The van der Waals surface area contributed by atoms with E-state index in [1.165, 1.54) is 0 Å². The highest BCUT2D eigenvalue weighted by molar-refractivity contribution is 7.99. The van der Waals surface area contributed by atoms with Gasteiger partial charge < -0.3 is 11.1 Å². The summed E-state index contributed by atoms with van der Waals surface area (Å²) >= 11 is 0.665. The van der Waals surface area contributed by atoms with Crippen LogP contribution in [0.3, 0.4) is 0 Å². The molecule has 0 aliphatic carbocycles. The van der Waals surface area contributed by atoms with Gasteiger partial charge in [0, 0.05) is 17.4 Å². The van der Waals surface area contributed by atoms with Crippen LogP contribution >= 0.6 is 11.8 Å². The molecule has 1 amide bonds. The summed E-state index contributed by atoms with van der Waals surface area (Å²) in [6.07, 6.45) is -2.54. The number of rotatable bonds is 7. The number of amides is 1. The zero-order valence-electron chi connectivity index (χ0n) is 11.7. The second-order valence-corrected chi connectivity index (χ2v) is 5.83. The smallest absolute Gasteiger partial charge is 0.328 e. The van der Waals surface area contributed by atoms with Gasteiger partial charge in [-0.2, -0.15) is 13.2 Å². The molecule has 3 N–H and O–H groups in total. The largest absolute Gasteiger partial charge is 0.398 e. The number of hydrogen-bond donors (Lipinski definition) is 2. The van der Waals surface area contributed by atoms with Gasteiger partial charge in [-0.3, -0.25) is 4.79 Å². The van der Waals surface area contributed by atoms with Gasteiger partial charge in [0.2, 0.25) is 5.91 Å². The third-order valence-corrected chi connectivity index (χ3v) is 3.75. The second kappa shape index (κ2) is 8.29. The number of carbonyl (C=O) groups excluding carboxylic acids is 1. The zero-order chi connectivity index (χ0) is 15.9. The molecule has 0 bridgehead atoms. The Morgan fingerprint density at radius 1 is 1.38 bits per heavy atom. The molecule has 0 fully saturated rings. The Hall–Kier alpha value is -1.21. The number of nitrogens with one attached hydrogen (secondary N) is 1. The number of benzene rings is 1. The van der Waals surface area contributed by atoms with Gasteiger partial charge in [0.25, 0.3) is 0 Å². The third kappa shape index (κ3) is 7.96. The Morgan fingerprint density at radius 2 is 2.05 bits per heavy atom. The average molecular weight is 320 g/mol. The van der Waals surface area contributed by atoms with Crippen LogP contribution in [0.15, 0.2) is 29.2 Å². The highest BCUT2D eigenvalue weighted by Crippen LogP contribution is 2.32. The number of hydrogen-bond acceptors (Lipinski definition) is 3. The molecule has 21 heavy (non-hydrogen) atoms. The van der Waals surface area contributed by atoms with Crippen molar-refractivity contribution in [1.29, 1.82) is 0 Å². The van der Waals surface area contributed by atoms with Crippen LogP contribution in [-0.2, 0) is 4.79 Å². The van der Waals surface area contributed by atoms with Crippen LogP contribution in [-0.4, -0.2) is 23.9 Å². The Balaban J connectivity index is 2.56. The molecule has 0 aliphatic rings. The first-order valence-electron chi connectivity index (χ1n) is 6.62. The molecule has 7 heteroatoms. The Bertz CT molecular complexity index is 464. The van der Waals surface area contributed by atoms with Crippen LogP contribution in [0.1, 0.15) is 26.2 Å². The maximum atomic E-state index is 12.3. The molecule has 1 atom stereocenters. The van der Waals surface area contributed by atoms with Crippen LogP contribution in [0.5, 0.6) is 0 Å². The first-order valence-corrected chi connectivity index (χ1v) is 7.60. The third-order valence-electron chi connectivity index (χ3n) is 2.62. The standard InChI is InChI=1S/C14H19F3N2OS/c1-10(18)5-4-8-13(20)19-11-6-2-3-7-12(11)21-9-14(15,16)17/h2-3,6-7,10H,4-5,8-9,18H2,1H3,(H,19,20). The molecule has 1 rings (SSSR count). The normalized spacial score (nSPS) is 13.0. The van der Waals surface area contributed by atoms with E-state index in [-0.39, 0.29) is 11.9 Å². The summed E-state index contributed by atoms with van der Waals surface area (Å²) in [5.41, 5.74) is 6.01. The van der Waals surface area contributed by atoms with Gasteiger partial charge >= 0.3 is 6.18 Å². The van der Waals surface area contributed by atoms with Gasteiger partial charge in [0.1, 0.15) is 0 Å². The molecule has 0 spiro atoms. The number of anilines is 1. The van der Waals surface area contributed by atoms with E-state index in [4.69, 9.17) is 5.73 Å². The lowest BCUT2D eigenvalue weighted by Crippen LogP contribution is -2.17. The van der Waals surface area contributed by atoms with E-state index >= 15 is 0 Å². The van der Waals surface area contributed by atoms with Crippen molar-refractivity contribution >= 4 is 23.4 Å². The van der Waals surface area contributed by atoms with E-state index in [1.807, 2.05) is 6.92 Å². The predicted molar refractivity (Wildman–Crippen MR) is 79.4 cm³/mol. The molecule has 1 unspecified atom stereocenters. The van der Waals surface area contributed by atoms with Crippen molar-refractivity contribution in [2.24, 2.45) is 5.73 Å². The van der Waals surface area contributed by atoms with Crippen LogP contribution in [0, 0.1) is 0 Å². The van der Waals surface area contributed by atoms with E-state index in [1.54, 1.807) is 24.3 Å². The number of thioether (sulfide) groups is 1. The fourth-order valence-corrected chi connectivity index (χ4v) is 2.42. The average Bonchev–Trinajstić information content (AvgIpc) is 2.36. The quantitative estimate of drug-likeness (QED) is 0.751. The molecule has 1 aromatic rings. The minimum absolute atomic E-state index is 0.0347. The SMILES string of the molecule is CC(N)CCCC(=O)Nc1ccccc1SCC(F)(F)F. The molecule has 0 aromatic heterocycles. The van der Waals surface area contributed by atoms with E-state index in [9.17, 15) is 18.0 Å². The fraction of sp³-hybridized carbons (Fsp3) is 0.500. The first kappa shape index (κ1) is 17.8. The molecule has 1 aromatic carbocycles. The van der Waals surface area contributed by atoms with Crippen molar-refractivity contribution in [1.82, 2.24) is 0 Å². The molecular weight excluding hydrogens is 301 g/mol. The number of para-hydroxylation sites is 1. The van der Waals surface area contributed by atoms with E-state index in [0.29, 0.717) is 35.2 Å². The number of alkyl halides is 3. The summed E-state index contributed by atoms with van der Waals surface area (Å²) in [6.45, 7) is 1.86. The maximum absolute atomic E-state index is 12.3. The van der Waals surface area contributed by atoms with Gasteiger partial charge in [0.15, 0.2) is 0 Å². The Labute approximate surface area is 126 Å². The minimum atomic E-state index is -4.24. The van der Waals surface area contributed by atoms with Gasteiger partial charge in [0.05, 0.1) is 11.4 Å². The van der Waals surface area contributed by atoms with E-state index in [0.717, 1.165) is 6.42 Å². The molecule has 0 aliphatic heterocycles. The van der Waals surface area contributed by atoms with Gasteiger partial charge in [-0.15, -0.1) is 11.8 Å². The van der Waals surface area contributed by atoms with Crippen LogP contribution < -0.4 is 11.1 Å². The maximum Gasteiger partial charge on any atom is 0.398 e. The molecule has 3 nitrogen and oxygen atoms in total. The molecular formula is C14H19F3N2OS. The lowest BCUT2D eigenvalue weighted by Gasteiger charge is -2.12. The second-order valence-electron chi connectivity index (χ2n) is 4.82.